The van der Waals surface area contributed by atoms with E-state index in [2.05, 4.69) is 17.0 Å². The zero-order valence-corrected chi connectivity index (χ0v) is 7.31. The lowest BCUT2D eigenvalue weighted by molar-refractivity contribution is -0.265. The minimum atomic E-state index is -0.116. The Bertz CT molecular complexity index is 303. The third kappa shape index (κ3) is 1.79. The van der Waals surface area contributed by atoms with Crippen molar-refractivity contribution in [1.82, 2.24) is 0 Å². The van der Waals surface area contributed by atoms with Gasteiger partial charge < -0.3 is 0 Å². The summed E-state index contributed by atoms with van der Waals surface area (Å²) in [4.78, 5) is 4.29. The normalized spacial score (nSPS) is 21.6. The maximum absolute atomic E-state index is 8.49. The summed E-state index contributed by atoms with van der Waals surface area (Å²) in [5.41, 5.74) is 2.49. The van der Waals surface area contributed by atoms with Crippen molar-refractivity contribution in [3.05, 3.63) is 42.0 Å². The SMILES string of the molecule is OOC1C=C(c2ccccc2)CC1. The van der Waals surface area contributed by atoms with Gasteiger partial charge in [0.05, 0.1) is 0 Å². The van der Waals surface area contributed by atoms with E-state index in [1.807, 2.05) is 24.3 Å². The topological polar surface area (TPSA) is 29.5 Å². The molecular weight excluding hydrogens is 164 g/mol. The molecule has 0 fully saturated rings. The van der Waals surface area contributed by atoms with Gasteiger partial charge in [-0.25, -0.2) is 4.89 Å². The fourth-order valence-corrected chi connectivity index (χ4v) is 1.66. The molecule has 1 aromatic rings. The summed E-state index contributed by atoms with van der Waals surface area (Å²) in [6.07, 6.45) is 3.72. The summed E-state index contributed by atoms with van der Waals surface area (Å²) in [6.45, 7) is 0. The van der Waals surface area contributed by atoms with E-state index >= 15 is 0 Å². The van der Waals surface area contributed by atoms with Crippen molar-refractivity contribution in [2.75, 3.05) is 0 Å². The lowest BCUT2D eigenvalue weighted by Crippen LogP contribution is -2.00. The fourth-order valence-electron chi connectivity index (χ4n) is 1.66. The van der Waals surface area contributed by atoms with Crippen LogP contribution in [0.3, 0.4) is 0 Å². The molecule has 1 aliphatic rings. The number of hydrogen-bond donors (Lipinski definition) is 1. The Labute approximate surface area is 77.4 Å². The Kier molecular flexibility index (Phi) is 2.43. The number of rotatable bonds is 2. The van der Waals surface area contributed by atoms with Gasteiger partial charge in [-0.3, -0.25) is 5.26 Å². The highest BCUT2D eigenvalue weighted by molar-refractivity contribution is 5.67. The predicted molar refractivity (Wildman–Crippen MR) is 51.2 cm³/mol. The van der Waals surface area contributed by atoms with E-state index in [1.54, 1.807) is 0 Å². The van der Waals surface area contributed by atoms with E-state index < -0.39 is 0 Å². The van der Waals surface area contributed by atoms with Gasteiger partial charge in [-0.15, -0.1) is 0 Å². The smallest absolute Gasteiger partial charge is 0.112 e. The van der Waals surface area contributed by atoms with E-state index in [0.717, 1.165) is 12.8 Å². The molecule has 0 spiro atoms. The molecule has 0 heterocycles. The van der Waals surface area contributed by atoms with Crippen molar-refractivity contribution >= 4 is 5.57 Å². The van der Waals surface area contributed by atoms with Gasteiger partial charge in [0.25, 0.3) is 0 Å². The highest BCUT2D eigenvalue weighted by atomic mass is 17.1. The van der Waals surface area contributed by atoms with Crippen molar-refractivity contribution in [1.29, 1.82) is 0 Å². The Hall–Kier alpha value is -1.12. The van der Waals surface area contributed by atoms with Crippen LogP contribution < -0.4 is 0 Å². The van der Waals surface area contributed by atoms with Gasteiger partial charge in [0, 0.05) is 0 Å². The first-order valence-corrected chi connectivity index (χ1v) is 4.46. The molecule has 0 radical (unpaired) electrons. The van der Waals surface area contributed by atoms with Crippen molar-refractivity contribution in [2.45, 2.75) is 18.9 Å². The highest BCUT2D eigenvalue weighted by Crippen LogP contribution is 2.28. The van der Waals surface area contributed by atoms with Crippen LogP contribution in [0.5, 0.6) is 0 Å². The van der Waals surface area contributed by atoms with Crippen LogP contribution in [-0.2, 0) is 4.89 Å². The average molecular weight is 176 g/mol. The van der Waals surface area contributed by atoms with E-state index in [-0.39, 0.29) is 6.10 Å². The van der Waals surface area contributed by atoms with Crippen LogP contribution in [0, 0.1) is 0 Å². The Morgan fingerprint density at radius 3 is 2.62 bits per heavy atom. The van der Waals surface area contributed by atoms with E-state index in [0.29, 0.717) is 0 Å². The summed E-state index contributed by atoms with van der Waals surface area (Å²) in [6, 6.07) is 10.2. The first-order chi connectivity index (χ1) is 6.40. The van der Waals surface area contributed by atoms with E-state index in [4.69, 9.17) is 5.26 Å². The number of benzene rings is 1. The van der Waals surface area contributed by atoms with Crippen LogP contribution in [0.1, 0.15) is 18.4 Å². The first kappa shape index (κ1) is 8.48. The standard InChI is InChI=1S/C11H12O2/c12-13-11-7-6-10(8-11)9-4-2-1-3-5-9/h1-5,8,11-12H,6-7H2. The average Bonchev–Trinajstić information content (AvgIpc) is 2.67. The van der Waals surface area contributed by atoms with Gasteiger partial charge >= 0.3 is 0 Å². The first-order valence-electron chi connectivity index (χ1n) is 4.46. The molecule has 0 bridgehead atoms. The van der Waals surface area contributed by atoms with Crippen molar-refractivity contribution in [2.24, 2.45) is 0 Å². The molecule has 0 aromatic heterocycles. The van der Waals surface area contributed by atoms with Gasteiger partial charge in [-0.2, -0.15) is 0 Å². The second-order valence-electron chi connectivity index (χ2n) is 3.24. The Morgan fingerprint density at radius 2 is 2.00 bits per heavy atom. The second-order valence-corrected chi connectivity index (χ2v) is 3.24. The molecule has 2 heteroatoms. The molecule has 0 saturated carbocycles. The monoisotopic (exact) mass is 176 g/mol. The van der Waals surface area contributed by atoms with Gasteiger partial charge in [-0.05, 0) is 30.1 Å². The largest absolute Gasteiger partial charge is 0.251 e. The molecule has 1 unspecified atom stereocenters. The second kappa shape index (κ2) is 3.73. The minimum Gasteiger partial charge on any atom is -0.251 e. The van der Waals surface area contributed by atoms with E-state index in [1.165, 1.54) is 11.1 Å². The molecule has 2 rings (SSSR count). The van der Waals surface area contributed by atoms with E-state index in [9.17, 15) is 0 Å². The molecule has 68 valence electrons. The van der Waals surface area contributed by atoms with Crippen LogP contribution in [-0.4, -0.2) is 11.4 Å². The molecule has 1 aromatic carbocycles. The van der Waals surface area contributed by atoms with Crippen LogP contribution in [0.25, 0.3) is 5.57 Å². The number of hydrogen-bond acceptors (Lipinski definition) is 2. The summed E-state index contributed by atoms with van der Waals surface area (Å²) in [5.74, 6) is 0. The molecule has 1 atom stereocenters. The fraction of sp³-hybridized carbons (Fsp3) is 0.273. The Balaban J connectivity index is 2.19. The lowest BCUT2D eigenvalue weighted by Gasteiger charge is -1.99. The number of allylic oxidation sites excluding steroid dienone is 1. The third-order valence-electron chi connectivity index (χ3n) is 2.37. The molecular formula is C11H12O2. The molecule has 0 aliphatic heterocycles. The van der Waals surface area contributed by atoms with Crippen molar-refractivity contribution in [3.63, 3.8) is 0 Å². The van der Waals surface area contributed by atoms with Crippen LogP contribution in [0.4, 0.5) is 0 Å². The summed E-state index contributed by atoms with van der Waals surface area (Å²) >= 11 is 0. The van der Waals surface area contributed by atoms with Crippen LogP contribution >= 0.6 is 0 Å². The quantitative estimate of drug-likeness (QED) is 0.554. The van der Waals surface area contributed by atoms with Crippen LogP contribution in [0.15, 0.2) is 36.4 Å². The molecule has 13 heavy (non-hydrogen) atoms. The van der Waals surface area contributed by atoms with Crippen molar-refractivity contribution in [3.8, 4) is 0 Å². The van der Waals surface area contributed by atoms with Crippen LogP contribution in [0.2, 0.25) is 0 Å². The van der Waals surface area contributed by atoms with Gasteiger partial charge in [0.2, 0.25) is 0 Å². The minimum absolute atomic E-state index is 0.116. The molecule has 0 saturated heterocycles. The van der Waals surface area contributed by atoms with Gasteiger partial charge in [0.15, 0.2) is 0 Å². The Morgan fingerprint density at radius 1 is 1.23 bits per heavy atom. The maximum Gasteiger partial charge on any atom is 0.112 e. The molecule has 1 N–H and O–H groups in total. The lowest BCUT2D eigenvalue weighted by atomic mass is 10.1. The van der Waals surface area contributed by atoms with Gasteiger partial charge in [0.1, 0.15) is 6.10 Å². The molecule has 0 amide bonds. The zero-order chi connectivity index (χ0) is 9.10. The van der Waals surface area contributed by atoms with Gasteiger partial charge in [-0.1, -0.05) is 30.3 Å². The van der Waals surface area contributed by atoms with Crippen molar-refractivity contribution < 1.29 is 10.1 Å². The third-order valence-corrected chi connectivity index (χ3v) is 2.37. The predicted octanol–water partition coefficient (Wildman–Crippen LogP) is 2.72. The summed E-state index contributed by atoms with van der Waals surface area (Å²) in [5, 5.41) is 8.49. The molecule has 1 aliphatic carbocycles. The maximum atomic E-state index is 8.49. The molecule has 2 nitrogen and oxygen atoms in total. The highest BCUT2D eigenvalue weighted by Gasteiger charge is 2.16. The zero-order valence-electron chi connectivity index (χ0n) is 7.31. The summed E-state index contributed by atoms with van der Waals surface area (Å²) in [7, 11) is 0. The summed E-state index contributed by atoms with van der Waals surface area (Å²) < 4.78 is 0.